The van der Waals surface area contributed by atoms with Crippen molar-refractivity contribution in [3.63, 3.8) is 0 Å². The number of ether oxygens (including phenoxy) is 5. The second-order valence-corrected chi connectivity index (χ2v) is 14.5. The molecule has 12 atom stereocenters. The molecule has 2 aliphatic rings. The molecular formula is C38H55NO11. The Morgan fingerprint density at radius 1 is 1.02 bits per heavy atom. The van der Waals surface area contributed by atoms with Gasteiger partial charge in [-0.25, -0.2) is 4.79 Å². The number of aliphatic hydroxyl groups is 1. The molecule has 2 aliphatic heterocycles. The molecule has 2 saturated heterocycles. The van der Waals surface area contributed by atoms with Gasteiger partial charge in [-0.2, -0.15) is 0 Å². The molecule has 0 amide bonds. The van der Waals surface area contributed by atoms with Gasteiger partial charge in [-0.3, -0.25) is 19.2 Å². The van der Waals surface area contributed by atoms with Crippen molar-refractivity contribution in [2.24, 2.45) is 23.7 Å². The van der Waals surface area contributed by atoms with Crippen molar-refractivity contribution >= 4 is 29.3 Å². The van der Waals surface area contributed by atoms with E-state index in [1.807, 2.05) is 25.9 Å². The molecule has 0 spiro atoms. The Bertz CT molecular complexity index is 1390. The van der Waals surface area contributed by atoms with Crippen LogP contribution in [0.1, 0.15) is 78.1 Å². The quantitative estimate of drug-likeness (QED) is 0.237. The molecule has 2 heterocycles. The number of nitrogens with zero attached hydrogens (tertiary/aromatic N) is 1. The number of benzene rings is 1. The van der Waals surface area contributed by atoms with Crippen LogP contribution in [0.25, 0.3) is 0 Å². The molecule has 0 aromatic heterocycles. The number of likely N-dealkylation sites (N-methyl/N-ethyl adjacent to an activating group) is 1. The minimum atomic E-state index is -2.24. The molecule has 0 saturated carbocycles. The van der Waals surface area contributed by atoms with E-state index in [4.69, 9.17) is 23.7 Å². The first-order valence-electron chi connectivity index (χ1n) is 17.2. The standard InChI is InChI=1S/C38H55NO11/c1-12-16-28-38(8,45)32(42)23(4)29(40)21(2)20-37(7,46-11)33(24(5)30(41)25(6)34(43)48-28)50-36-31(27(39(9)10)19-22(3)47-36)49-35(44)26-17-14-13-15-18-26/h12-15,17-18,21-25,27-28,31,33,36,45H,1,16,19-20H2,2-11H3/t21-,22-,23+,24+,25-,27+,28-,31-,33-,36-,37-,38-/m1/s1. The first-order chi connectivity index (χ1) is 23.3. The number of Topliss-reactive ketones (excluding diaryl/α,β-unsaturated/α-hetero) is 3. The fourth-order valence-electron chi connectivity index (χ4n) is 7.09. The summed E-state index contributed by atoms with van der Waals surface area (Å²) in [7, 11) is 5.14. The smallest absolute Gasteiger partial charge is 0.338 e. The summed E-state index contributed by atoms with van der Waals surface area (Å²) in [6.07, 6.45) is -3.23. The lowest BCUT2D eigenvalue weighted by Crippen LogP contribution is -2.60. The third-order valence-corrected chi connectivity index (χ3v) is 10.3. The van der Waals surface area contributed by atoms with E-state index in [9.17, 15) is 29.1 Å². The fourth-order valence-corrected chi connectivity index (χ4v) is 7.09. The monoisotopic (exact) mass is 701 g/mol. The zero-order chi connectivity index (χ0) is 37.7. The zero-order valence-corrected chi connectivity index (χ0v) is 31.0. The molecule has 1 aromatic carbocycles. The van der Waals surface area contributed by atoms with Gasteiger partial charge in [0, 0.05) is 25.4 Å². The van der Waals surface area contributed by atoms with Crippen molar-refractivity contribution in [1.82, 2.24) is 4.90 Å². The highest BCUT2D eigenvalue weighted by molar-refractivity contribution is 6.07. The molecule has 12 nitrogen and oxygen atoms in total. The van der Waals surface area contributed by atoms with E-state index in [-0.39, 0.29) is 25.0 Å². The number of methoxy groups -OCH3 is 1. The average Bonchev–Trinajstić information content (AvgIpc) is 3.08. The van der Waals surface area contributed by atoms with Crippen LogP contribution < -0.4 is 0 Å². The van der Waals surface area contributed by atoms with E-state index in [2.05, 4.69) is 6.58 Å². The molecule has 50 heavy (non-hydrogen) atoms. The summed E-state index contributed by atoms with van der Waals surface area (Å²) >= 11 is 0. The normalized spacial score (nSPS) is 37.9. The first kappa shape index (κ1) is 41.1. The molecule has 0 bridgehead atoms. The lowest BCUT2D eigenvalue weighted by Gasteiger charge is -2.47. The van der Waals surface area contributed by atoms with Crippen LogP contribution in [0, 0.1) is 23.7 Å². The maximum absolute atomic E-state index is 14.2. The van der Waals surface area contributed by atoms with Gasteiger partial charge in [-0.05, 0) is 73.7 Å². The van der Waals surface area contributed by atoms with Crippen molar-refractivity contribution < 1.29 is 52.8 Å². The lowest BCUT2D eigenvalue weighted by molar-refractivity contribution is -0.294. The summed E-state index contributed by atoms with van der Waals surface area (Å²) in [6.45, 7) is 14.4. The summed E-state index contributed by atoms with van der Waals surface area (Å²) in [5.74, 6) is -7.89. The predicted molar refractivity (Wildman–Crippen MR) is 184 cm³/mol. The Hall–Kier alpha value is -3.29. The Labute approximate surface area is 295 Å². The van der Waals surface area contributed by atoms with Crippen LogP contribution >= 0.6 is 0 Å². The number of cyclic esters (lactones) is 1. The van der Waals surface area contributed by atoms with E-state index in [1.54, 1.807) is 51.1 Å². The Kier molecular flexibility index (Phi) is 13.8. The molecule has 1 aromatic rings. The molecule has 0 unspecified atom stereocenters. The third-order valence-electron chi connectivity index (χ3n) is 10.3. The number of hydrogen-bond donors (Lipinski definition) is 1. The molecule has 278 valence electrons. The number of esters is 2. The van der Waals surface area contributed by atoms with Gasteiger partial charge < -0.3 is 33.7 Å². The molecule has 0 aliphatic carbocycles. The average molecular weight is 702 g/mol. The molecule has 3 rings (SSSR count). The number of carbonyl (C=O) groups excluding carboxylic acids is 5. The summed E-state index contributed by atoms with van der Waals surface area (Å²) in [6, 6.07) is 8.17. The third kappa shape index (κ3) is 8.95. The summed E-state index contributed by atoms with van der Waals surface area (Å²) in [4.78, 5) is 70.3. The number of carbonyl (C=O) groups is 5. The summed E-state index contributed by atoms with van der Waals surface area (Å²) in [5.41, 5.74) is -3.28. The largest absolute Gasteiger partial charge is 0.458 e. The summed E-state index contributed by atoms with van der Waals surface area (Å²) < 4.78 is 30.8. The zero-order valence-electron chi connectivity index (χ0n) is 31.0. The molecule has 12 heteroatoms. The highest BCUT2D eigenvalue weighted by atomic mass is 16.7. The number of rotatable bonds is 8. The van der Waals surface area contributed by atoms with Crippen LogP contribution in [0.4, 0.5) is 0 Å². The number of hydrogen-bond acceptors (Lipinski definition) is 12. The maximum atomic E-state index is 14.2. The molecule has 1 N–H and O–H groups in total. The number of ketones is 3. The van der Waals surface area contributed by atoms with Gasteiger partial charge in [0.1, 0.15) is 17.8 Å². The van der Waals surface area contributed by atoms with E-state index < -0.39 is 88.8 Å². The lowest BCUT2D eigenvalue weighted by atomic mass is 9.74. The second kappa shape index (κ2) is 16.8. The van der Waals surface area contributed by atoms with Gasteiger partial charge in [-0.15, -0.1) is 6.58 Å². The van der Waals surface area contributed by atoms with Crippen LogP contribution in [0.2, 0.25) is 0 Å². The van der Waals surface area contributed by atoms with Gasteiger partial charge in [0.2, 0.25) is 0 Å². The minimum absolute atomic E-state index is 0.00680. The van der Waals surface area contributed by atoms with Crippen molar-refractivity contribution in [2.75, 3.05) is 21.2 Å². The van der Waals surface area contributed by atoms with E-state index in [0.717, 1.165) is 0 Å². The van der Waals surface area contributed by atoms with Crippen molar-refractivity contribution in [2.45, 2.75) is 116 Å². The van der Waals surface area contributed by atoms with Crippen LogP contribution in [0.5, 0.6) is 0 Å². The van der Waals surface area contributed by atoms with Crippen molar-refractivity contribution in [1.29, 1.82) is 0 Å². The van der Waals surface area contributed by atoms with Gasteiger partial charge >= 0.3 is 11.9 Å². The second-order valence-electron chi connectivity index (χ2n) is 14.5. The molecular weight excluding hydrogens is 646 g/mol. The SMILES string of the molecule is C=CC[C@H]1OC(=O)[C@H](C)C(=O)[C@H](C)[C@@H](O[C@H]2O[C@H](C)C[C@H](N(C)C)[C@H]2OC(=O)c2ccccc2)[C@](C)(OC)C[C@@H](C)C(=O)[C@H](C)C(=O)[C@]1(C)O. The topological polar surface area (TPSA) is 155 Å². The van der Waals surface area contributed by atoms with E-state index >= 15 is 0 Å². The Balaban J connectivity index is 2.13. The predicted octanol–water partition coefficient (Wildman–Crippen LogP) is 3.96. The van der Waals surface area contributed by atoms with Gasteiger partial charge in [0.25, 0.3) is 0 Å². The van der Waals surface area contributed by atoms with E-state index in [1.165, 1.54) is 34.0 Å². The van der Waals surface area contributed by atoms with Crippen LogP contribution in [0.3, 0.4) is 0 Å². The Morgan fingerprint density at radius 3 is 2.20 bits per heavy atom. The van der Waals surface area contributed by atoms with Crippen LogP contribution in [-0.4, -0.2) is 108 Å². The highest BCUT2D eigenvalue weighted by Crippen LogP contribution is 2.38. The van der Waals surface area contributed by atoms with Crippen molar-refractivity contribution in [3.8, 4) is 0 Å². The van der Waals surface area contributed by atoms with Gasteiger partial charge in [-0.1, -0.05) is 38.1 Å². The highest BCUT2D eigenvalue weighted by Gasteiger charge is 2.52. The van der Waals surface area contributed by atoms with E-state index in [0.29, 0.717) is 12.0 Å². The van der Waals surface area contributed by atoms with Gasteiger partial charge in [0.15, 0.2) is 29.6 Å². The first-order valence-corrected chi connectivity index (χ1v) is 17.2. The summed E-state index contributed by atoms with van der Waals surface area (Å²) in [5, 5.41) is 11.3. The fraction of sp³-hybridized carbons (Fsp3) is 0.658. The maximum Gasteiger partial charge on any atom is 0.338 e. The minimum Gasteiger partial charge on any atom is -0.458 e. The van der Waals surface area contributed by atoms with Crippen molar-refractivity contribution in [3.05, 3.63) is 48.6 Å². The van der Waals surface area contributed by atoms with Gasteiger partial charge in [0.05, 0.1) is 35.3 Å². The van der Waals surface area contributed by atoms with Crippen LogP contribution in [-0.2, 0) is 42.9 Å². The molecule has 0 radical (unpaired) electrons. The Morgan fingerprint density at radius 2 is 1.64 bits per heavy atom. The molecule has 2 fully saturated rings. The van der Waals surface area contributed by atoms with Crippen LogP contribution in [0.15, 0.2) is 43.0 Å².